The summed E-state index contributed by atoms with van der Waals surface area (Å²) in [5, 5.41) is 0. The van der Waals surface area contributed by atoms with Crippen molar-refractivity contribution in [3.05, 3.63) is 0 Å². The summed E-state index contributed by atoms with van der Waals surface area (Å²) < 4.78 is 130. The molecule has 0 aromatic heterocycles. The van der Waals surface area contributed by atoms with Gasteiger partial charge in [0.1, 0.15) is 0 Å². The van der Waals surface area contributed by atoms with Crippen LogP contribution >= 0.6 is 15.8 Å². The van der Waals surface area contributed by atoms with E-state index in [4.69, 9.17) is 0 Å². The first-order valence-corrected chi connectivity index (χ1v) is 24.2. The van der Waals surface area contributed by atoms with Gasteiger partial charge in [-0.05, 0) is 94.8 Å². The van der Waals surface area contributed by atoms with Gasteiger partial charge in [0.05, 0.1) is 40.5 Å². The van der Waals surface area contributed by atoms with Gasteiger partial charge in [-0.25, -0.2) is 33.7 Å². The standard InChI is InChI=1S/C23H50O12P2S4/c24-38(25,26)20-9-1-5-14-36(15-6-2-10-21-39(27,28)29)18-13-19-37(16-7-3-11-22-40(30,31)32)17-8-4-12-23-41(33,34)35/h1-23H2,(H,24,25,26)(H,27,28,29)(H,30,31,32)(H,33,34,35)/p-4. The third kappa shape index (κ3) is 33.2. The molecule has 18 heteroatoms. The smallest absolute Gasteiger partial charge is 0.0945 e. The molecule has 0 spiro atoms. The fourth-order valence-electron chi connectivity index (χ4n) is 4.35. The van der Waals surface area contributed by atoms with Crippen LogP contribution in [0, 0.1) is 0 Å². The van der Waals surface area contributed by atoms with Gasteiger partial charge in [0.25, 0.3) is 0 Å². The van der Waals surface area contributed by atoms with E-state index in [1.54, 1.807) is 0 Å². The molecule has 248 valence electrons. The summed E-state index contributed by atoms with van der Waals surface area (Å²) >= 11 is 0. The molecule has 0 bridgehead atoms. The van der Waals surface area contributed by atoms with Crippen LogP contribution in [0.3, 0.4) is 0 Å². The molecule has 0 heterocycles. The molecule has 0 unspecified atom stereocenters. The Morgan fingerprint density at radius 3 is 0.683 bits per heavy atom. The van der Waals surface area contributed by atoms with Gasteiger partial charge in [-0.15, -0.1) is 15.8 Å². The molecular weight excluding hydrogens is 658 g/mol. The van der Waals surface area contributed by atoms with Crippen molar-refractivity contribution in [1.82, 2.24) is 0 Å². The molecule has 0 atom stereocenters. The van der Waals surface area contributed by atoms with Gasteiger partial charge in [0.15, 0.2) is 0 Å². The molecule has 0 aromatic rings. The SMILES string of the molecule is O=S(=O)([O-])CCCCCP(CCCCCS(=O)(=O)[O-])CCCP(CCCCCS(=O)(=O)[O-])CCCCCS(=O)(=O)[O-]. The Labute approximate surface area is 250 Å². The first-order chi connectivity index (χ1) is 18.9. The summed E-state index contributed by atoms with van der Waals surface area (Å²) in [5.41, 5.74) is 0. The lowest BCUT2D eigenvalue weighted by molar-refractivity contribution is 0.458. The second kappa shape index (κ2) is 22.1. The minimum Gasteiger partial charge on any atom is -0.748 e. The first-order valence-electron chi connectivity index (χ1n) is 14.1. The van der Waals surface area contributed by atoms with Gasteiger partial charge in [-0.3, -0.25) is 0 Å². The predicted octanol–water partition coefficient (Wildman–Crippen LogP) is 3.20. The van der Waals surface area contributed by atoms with Crippen molar-refractivity contribution in [2.24, 2.45) is 0 Å². The molecule has 12 nitrogen and oxygen atoms in total. The molecule has 0 saturated heterocycles. The second-order valence-corrected chi connectivity index (χ2v) is 21.8. The van der Waals surface area contributed by atoms with Gasteiger partial charge in [-0.2, -0.15) is 0 Å². The van der Waals surface area contributed by atoms with Crippen molar-refractivity contribution >= 4 is 56.3 Å². The second-order valence-electron chi connectivity index (χ2n) is 10.3. The molecular formula is C23H46O12P2S4-4. The first kappa shape index (κ1) is 41.5. The van der Waals surface area contributed by atoms with Gasteiger partial charge in [-0.1, -0.05) is 25.7 Å². The number of rotatable bonds is 28. The summed E-state index contributed by atoms with van der Waals surface area (Å²) in [7, 11) is -17.7. The van der Waals surface area contributed by atoms with E-state index in [0.29, 0.717) is 51.4 Å². The molecule has 0 aliphatic heterocycles. The number of hydrogen-bond donors (Lipinski definition) is 0. The molecule has 0 aliphatic carbocycles. The van der Waals surface area contributed by atoms with Crippen LogP contribution < -0.4 is 0 Å². The van der Waals surface area contributed by atoms with E-state index >= 15 is 0 Å². The van der Waals surface area contributed by atoms with Crippen molar-refractivity contribution in [2.45, 2.75) is 83.5 Å². The van der Waals surface area contributed by atoms with Gasteiger partial charge in [0.2, 0.25) is 0 Å². The monoisotopic (exact) mass is 704 g/mol. The lowest BCUT2D eigenvalue weighted by Crippen LogP contribution is -2.06. The highest BCUT2D eigenvalue weighted by Gasteiger charge is 2.13. The fraction of sp³-hybridized carbons (Fsp3) is 1.00. The van der Waals surface area contributed by atoms with Crippen molar-refractivity contribution in [3.63, 3.8) is 0 Å². The topological polar surface area (TPSA) is 229 Å². The average molecular weight is 705 g/mol. The average Bonchev–Trinajstić information content (AvgIpc) is 2.79. The Bertz CT molecular complexity index is 939. The van der Waals surface area contributed by atoms with Crippen LogP contribution in [-0.2, 0) is 40.5 Å². The van der Waals surface area contributed by atoms with Crippen molar-refractivity contribution in [2.75, 3.05) is 60.0 Å². The van der Waals surface area contributed by atoms with E-state index in [9.17, 15) is 51.9 Å². The summed E-state index contributed by atoms with van der Waals surface area (Å²) in [6.45, 7) is 0. The number of hydrogen-bond acceptors (Lipinski definition) is 12. The van der Waals surface area contributed by atoms with Crippen LogP contribution in [0.15, 0.2) is 0 Å². The molecule has 0 aliphatic rings. The highest BCUT2D eigenvalue weighted by atomic mass is 32.2. The summed E-state index contributed by atoms with van der Waals surface area (Å²) in [6, 6.07) is 0. The molecule has 41 heavy (non-hydrogen) atoms. The van der Waals surface area contributed by atoms with Crippen LogP contribution in [0.2, 0.25) is 0 Å². The normalized spacial score (nSPS) is 13.4. The van der Waals surface area contributed by atoms with Crippen molar-refractivity contribution < 1.29 is 51.9 Å². The summed E-state index contributed by atoms with van der Waals surface area (Å²) in [6.07, 6.45) is 13.6. The predicted molar refractivity (Wildman–Crippen MR) is 161 cm³/mol. The minimum absolute atomic E-state index is 0.322. The van der Waals surface area contributed by atoms with Gasteiger partial charge >= 0.3 is 0 Å². The van der Waals surface area contributed by atoms with E-state index in [2.05, 4.69) is 0 Å². The molecule has 0 N–H and O–H groups in total. The largest absolute Gasteiger partial charge is 0.748 e. The lowest BCUT2D eigenvalue weighted by atomic mass is 10.3. The highest BCUT2D eigenvalue weighted by molar-refractivity contribution is 7.86. The van der Waals surface area contributed by atoms with Gasteiger partial charge in [0, 0.05) is 23.0 Å². The fourth-order valence-corrected chi connectivity index (χ4v) is 12.1. The zero-order valence-corrected chi connectivity index (χ0v) is 28.7. The van der Waals surface area contributed by atoms with Crippen LogP contribution in [-0.4, -0.2) is 112 Å². The Morgan fingerprint density at radius 2 is 0.488 bits per heavy atom. The van der Waals surface area contributed by atoms with E-state index in [1.807, 2.05) is 0 Å². The van der Waals surface area contributed by atoms with E-state index < -0.39 is 56.3 Å². The molecule has 0 aromatic carbocycles. The van der Waals surface area contributed by atoms with Crippen LogP contribution in [0.25, 0.3) is 0 Å². The molecule has 0 radical (unpaired) electrons. The molecule has 0 fully saturated rings. The summed E-state index contributed by atoms with van der Waals surface area (Å²) in [4.78, 5) is 0. The van der Waals surface area contributed by atoms with Gasteiger partial charge < -0.3 is 18.2 Å². The zero-order valence-electron chi connectivity index (χ0n) is 23.7. The molecule has 0 rings (SSSR count). The highest BCUT2D eigenvalue weighted by Crippen LogP contribution is 2.43. The van der Waals surface area contributed by atoms with Crippen LogP contribution in [0.5, 0.6) is 0 Å². The maximum atomic E-state index is 10.8. The van der Waals surface area contributed by atoms with Crippen molar-refractivity contribution in [1.29, 1.82) is 0 Å². The zero-order chi connectivity index (χ0) is 31.4. The molecule has 0 saturated carbocycles. The Balaban J connectivity index is 4.81. The Morgan fingerprint density at radius 1 is 0.293 bits per heavy atom. The Kier molecular flexibility index (Phi) is 22.3. The quantitative estimate of drug-likeness (QED) is 0.0650. The van der Waals surface area contributed by atoms with E-state index in [1.165, 1.54) is 0 Å². The third-order valence-corrected chi connectivity index (χ3v) is 15.3. The van der Waals surface area contributed by atoms with E-state index in [-0.39, 0.29) is 23.0 Å². The third-order valence-electron chi connectivity index (χ3n) is 6.42. The maximum Gasteiger partial charge on any atom is 0.0945 e. The summed E-state index contributed by atoms with van der Waals surface area (Å²) in [5.74, 6) is -1.50. The minimum atomic E-state index is -4.23. The van der Waals surface area contributed by atoms with Crippen LogP contribution in [0.1, 0.15) is 83.5 Å². The molecule has 0 amide bonds. The van der Waals surface area contributed by atoms with Crippen LogP contribution in [0.4, 0.5) is 0 Å². The lowest BCUT2D eigenvalue weighted by Gasteiger charge is -2.22. The number of unbranched alkanes of at least 4 members (excludes halogenated alkanes) is 8. The Hall–Kier alpha value is 0.500. The van der Waals surface area contributed by atoms with E-state index in [0.717, 1.165) is 69.1 Å². The maximum absolute atomic E-state index is 10.8. The van der Waals surface area contributed by atoms with Crippen molar-refractivity contribution in [3.8, 4) is 0 Å².